The summed E-state index contributed by atoms with van der Waals surface area (Å²) in [6.07, 6.45) is 2.81. The summed E-state index contributed by atoms with van der Waals surface area (Å²) >= 11 is 0. The van der Waals surface area contributed by atoms with Crippen LogP contribution in [0.3, 0.4) is 0 Å². The zero-order valence-electron chi connectivity index (χ0n) is 12.7. The Morgan fingerprint density at radius 2 is 2.00 bits per heavy atom. The number of aryl methyl sites for hydroxylation is 1. The fourth-order valence-corrected chi connectivity index (χ4v) is 3.66. The average Bonchev–Trinajstić information content (AvgIpc) is 2.35. The van der Waals surface area contributed by atoms with Crippen molar-refractivity contribution in [1.82, 2.24) is 10.0 Å². The lowest BCUT2D eigenvalue weighted by molar-refractivity contribution is 0.383. The van der Waals surface area contributed by atoms with E-state index in [0.29, 0.717) is 17.7 Å². The van der Waals surface area contributed by atoms with Gasteiger partial charge in [-0.2, -0.15) is 0 Å². The van der Waals surface area contributed by atoms with E-state index in [1.165, 1.54) is 12.1 Å². The van der Waals surface area contributed by atoms with Gasteiger partial charge in [0.25, 0.3) is 0 Å². The molecule has 1 saturated carbocycles. The van der Waals surface area contributed by atoms with Gasteiger partial charge in [0.15, 0.2) is 0 Å². The van der Waals surface area contributed by atoms with Gasteiger partial charge < -0.3 is 5.32 Å². The van der Waals surface area contributed by atoms with Crippen LogP contribution in [0.1, 0.15) is 44.2 Å². The van der Waals surface area contributed by atoms with E-state index in [1.807, 2.05) is 13.8 Å². The van der Waals surface area contributed by atoms with E-state index < -0.39 is 10.0 Å². The van der Waals surface area contributed by atoms with Crippen LogP contribution < -0.4 is 10.0 Å². The van der Waals surface area contributed by atoms with Crippen molar-refractivity contribution in [2.75, 3.05) is 0 Å². The van der Waals surface area contributed by atoms with Crippen molar-refractivity contribution in [1.29, 1.82) is 0 Å². The molecule has 1 aromatic carbocycles. The molecule has 0 aliphatic heterocycles. The summed E-state index contributed by atoms with van der Waals surface area (Å²) in [7, 11) is -3.57. The van der Waals surface area contributed by atoms with Gasteiger partial charge in [0.1, 0.15) is 5.82 Å². The van der Waals surface area contributed by atoms with E-state index in [1.54, 1.807) is 6.92 Å². The van der Waals surface area contributed by atoms with Crippen LogP contribution in [0.4, 0.5) is 4.39 Å². The molecule has 6 heteroatoms. The lowest BCUT2D eigenvalue weighted by Gasteiger charge is -2.26. The van der Waals surface area contributed by atoms with Crippen molar-refractivity contribution >= 4 is 10.0 Å². The Hall–Kier alpha value is -0.980. The molecule has 118 valence electrons. The third-order valence-corrected chi connectivity index (χ3v) is 5.24. The third-order valence-electron chi connectivity index (χ3n) is 3.74. The molecule has 0 heterocycles. The van der Waals surface area contributed by atoms with E-state index in [9.17, 15) is 12.8 Å². The first-order valence-electron chi connectivity index (χ1n) is 7.34. The molecule has 4 nitrogen and oxygen atoms in total. The highest BCUT2D eigenvalue weighted by Crippen LogP contribution is 2.23. The molecular weight excluding hydrogens is 291 g/mol. The molecular formula is C15H23FN2O2S. The van der Waals surface area contributed by atoms with Gasteiger partial charge >= 0.3 is 0 Å². The Labute approximate surface area is 126 Å². The molecule has 2 N–H and O–H groups in total. The van der Waals surface area contributed by atoms with Crippen molar-refractivity contribution < 1.29 is 12.8 Å². The third kappa shape index (κ3) is 4.02. The highest BCUT2D eigenvalue weighted by Gasteiger charge is 2.25. The Bertz CT molecular complexity index is 610. The van der Waals surface area contributed by atoms with E-state index in [-0.39, 0.29) is 22.8 Å². The summed E-state index contributed by atoms with van der Waals surface area (Å²) < 4.78 is 41.5. The summed E-state index contributed by atoms with van der Waals surface area (Å²) in [6, 6.07) is 3.06. The van der Waals surface area contributed by atoms with Gasteiger partial charge in [0, 0.05) is 24.2 Å². The van der Waals surface area contributed by atoms with E-state index in [0.717, 1.165) is 19.3 Å². The first kappa shape index (κ1) is 16.4. The zero-order chi connectivity index (χ0) is 15.6. The second kappa shape index (κ2) is 6.42. The Kier molecular flexibility index (Phi) is 5.01. The molecule has 1 aliphatic rings. The largest absolute Gasteiger partial charge is 0.310 e. The van der Waals surface area contributed by atoms with Crippen LogP contribution in [0, 0.1) is 12.7 Å². The molecule has 1 fully saturated rings. The molecule has 0 atom stereocenters. The summed E-state index contributed by atoms with van der Waals surface area (Å²) in [5, 5.41) is 3.12. The monoisotopic (exact) mass is 314 g/mol. The van der Waals surface area contributed by atoms with E-state index >= 15 is 0 Å². The maximum Gasteiger partial charge on any atom is 0.240 e. The first-order chi connectivity index (χ1) is 9.79. The lowest BCUT2D eigenvalue weighted by Crippen LogP contribution is -2.39. The lowest BCUT2D eigenvalue weighted by atomic mass is 9.94. The minimum atomic E-state index is -3.57. The van der Waals surface area contributed by atoms with Gasteiger partial charge in [-0.1, -0.05) is 20.3 Å². The fraction of sp³-hybridized carbons (Fsp3) is 0.600. The minimum Gasteiger partial charge on any atom is -0.310 e. The van der Waals surface area contributed by atoms with Crippen LogP contribution in [0.2, 0.25) is 0 Å². The van der Waals surface area contributed by atoms with Crippen molar-refractivity contribution in [3.05, 3.63) is 29.1 Å². The predicted octanol–water partition coefficient (Wildman–Crippen LogP) is 2.46. The standard InChI is InChI=1S/C15H23FN2O2S/c1-10(2)17-9-12-8-14(7-11(3)15(12)16)21(19,20)18-13-5-4-6-13/h7-8,10,13,17-18H,4-6,9H2,1-3H3. The van der Waals surface area contributed by atoms with Gasteiger partial charge in [-0.3, -0.25) is 0 Å². The molecule has 0 bridgehead atoms. The van der Waals surface area contributed by atoms with Gasteiger partial charge in [-0.25, -0.2) is 17.5 Å². The first-order valence-corrected chi connectivity index (χ1v) is 8.82. The summed E-state index contributed by atoms with van der Waals surface area (Å²) in [6.45, 7) is 5.83. The number of hydrogen-bond acceptors (Lipinski definition) is 3. The molecule has 0 unspecified atom stereocenters. The van der Waals surface area contributed by atoms with Crippen LogP contribution in [0.25, 0.3) is 0 Å². The topological polar surface area (TPSA) is 58.2 Å². The quantitative estimate of drug-likeness (QED) is 0.848. The van der Waals surface area contributed by atoms with Crippen molar-refractivity contribution in [3.8, 4) is 0 Å². The Balaban J connectivity index is 2.26. The van der Waals surface area contributed by atoms with Crippen molar-refractivity contribution in [2.24, 2.45) is 0 Å². The summed E-state index contributed by atoms with van der Waals surface area (Å²) in [5.74, 6) is -0.342. The maximum absolute atomic E-state index is 14.1. The number of benzene rings is 1. The van der Waals surface area contributed by atoms with Crippen LogP contribution in [0.15, 0.2) is 17.0 Å². The van der Waals surface area contributed by atoms with Gasteiger partial charge in [-0.15, -0.1) is 0 Å². The normalized spacial score (nSPS) is 16.2. The minimum absolute atomic E-state index is 0.0256. The maximum atomic E-state index is 14.1. The number of hydrogen-bond donors (Lipinski definition) is 2. The summed E-state index contributed by atoms with van der Waals surface area (Å²) in [5.41, 5.74) is 0.740. The highest BCUT2D eigenvalue weighted by atomic mass is 32.2. The van der Waals surface area contributed by atoms with E-state index in [4.69, 9.17) is 0 Å². The number of halogens is 1. The fourth-order valence-electron chi connectivity index (χ4n) is 2.22. The Morgan fingerprint density at radius 3 is 2.52 bits per heavy atom. The Morgan fingerprint density at radius 1 is 1.33 bits per heavy atom. The molecule has 0 saturated heterocycles. The molecule has 0 spiro atoms. The zero-order valence-corrected chi connectivity index (χ0v) is 13.6. The highest BCUT2D eigenvalue weighted by molar-refractivity contribution is 7.89. The number of rotatable bonds is 6. The average molecular weight is 314 g/mol. The van der Waals surface area contributed by atoms with Crippen LogP contribution in [0.5, 0.6) is 0 Å². The molecule has 1 aliphatic carbocycles. The predicted molar refractivity (Wildman–Crippen MR) is 81.1 cm³/mol. The second-order valence-electron chi connectivity index (χ2n) is 6.00. The molecule has 21 heavy (non-hydrogen) atoms. The van der Waals surface area contributed by atoms with Crippen LogP contribution in [-0.4, -0.2) is 20.5 Å². The SMILES string of the molecule is Cc1cc(S(=O)(=O)NC2CCC2)cc(CNC(C)C)c1F. The van der Waals surface area contributed by atoms with Crippen LogP contribution >= 0.6 is 0 Å². The summed E-state index contributed by atoms with van der Waals surface area (Å²) in [4.78, 5) is 0.147. The van der Waals surface area contributed by atoms with Crippen molar-refractivity contribution in [3.63, 3.8) is 0 Å². The van der Waals surface area contributed by atoms with Crippen LogP contribution in [-0.2, 0) is 16.6 Å². The second-order valence-corrected chi connectivity index (χ2v) is 7.71. The smallest absolute Gasteiger partial charge is 0.240 e. The molecule has 0 aromatic heterocycles. The van der Waals surface area contributed by atoms with Gasteiger partial charge in [0.2, 0.25) is 10.0 Å². The van der Waals surface area contributed by atoms with Crippen molar-refractivity contribution in [2.45, 2.75) is 63.6 Å². The molecule has 0 amide bonds. The number of nitrogens with one attached hydrogen (secondary N) is 2. The molecule has 1 aromatic rings. The van der Waals surface area contributed by atoms with Gasteiger partial charge in [0.05, 0.1) is 4.90 Å². The van der Waals surface area contributed by atoms with Gasteiger partial charge in [-0.05, 0) is 37.5 Å². The number of sulfonamides is 1. The van der Waals surface area contributed by atoms with E-state index in [2.05, 4.69) is 10.0 Å². The molecule has 0 radical (unpaired) electrons. The molecule has 2 rings (SSSR count).